The van der Waals surface area contributed by atoms with Crippen molar-refractivity contribution >= 4 is 11.6 Å². The van der Waals surface area contributed by atoms with Crippen molar-refractivity contribution in [2.24, 2.45) is 0 Å². The van der Waals surface area contributed by atoms with E-state index in [2.05, 4.69) is 156 Å². The van der Waals surface area contributed by atoms with E-state index >= 15 is 0 Å². The monoisotopic (exact) mass is 647 g/mol. The maximum absolute atomic E-state index is 6.54. The largest absolute Gasteiger partial charge is 0.226 e. The first kappa shape index (κ1) is 30.2. The lowest BCUT2D eigenvalue weighted by molar-refractivity contribution is 1.07. The third-order valence-electron chi connectivity index (χ3n) is 8.71. The molecule has 0 N–H and O–H groups in total. The Morgan fingerprint density at radius 3 is 1.04 bits per heavy atom. The van der Waals surface area contributed by atoms with E-state index in [4.69, 9.17) is 16.6 Å². The lowest BCUT2D eigenvalue weighted by Crippen LogP contribution is -1.99. The fraction of sp³-hybridized carbons (Fsp3) is 0. The average molecular weight is 648 g/mol. The van der Waals surface area contributed by atoms with Gasteiger partial charge in [-0.05, 0) is 91.5 Å². The van der Waals surface area contributed by atoms with Crippen LogP contribution in [0.4, 0.5) is 0 Å². The first-order chi connectivity index (χ1) is 24.2. The molecular weight excluding hydrogens is 618 g/mol. The highest BCUT2D eigenvalue weighted by Gasteiger charge is 2.19. The van der Waals surface area contributed by atoms with Gasteiger partial charge in [0, 0.05) is 11.1 Å². The molecule has 8 rings (SSSR count). The molecule has 0 saturated carbocycles. The third-order valence-corrected chi connectivity index (χ3v) is 8.88. The van der Waals surface area contributed by atoms with Crippen LogP contribution in [0.1, 0.15) is 0 Å². The minimum atomic E-state index is 0.155. The maximum Gasteiger partial charge on any atom is 0.226 e. The summed E-state index contributed by atoms with van der Waals surface area (Å²) < 4.78 is 0. The van der Waals surface area contributed by atoms with Crippen LogP contribution >= 0.6 is 11.6 Å². The number of benzene rings is 7. The van der Waals surface area contributed by atoms with E-state index in [0.717, 1.165) is 50.1 Å². The molecule has 7 aromatic carbocycles. The second kappa shape index (κ2) is 13.5. The molecule has 0 fully saturated rings. The van der Waals surface area contributed by atoms with Crippen LogP contribution in [0.5, 0.6) is 0 Å². The molecule has 1 heterocycles. The number of nitrogens with zero attached hydrogens (tertiary/aromatic N) is 3. The summed E-state index contributed by atoms with van der Waals surface area (Å²) in [5.74, 6) is 1.06. The highest BCUT2D eigenvalue weighted by molar-refractivity contribution is 6.28. The number of hydrogen-bond donors (Lipinski definition) is 0. The van der Waals surface area contributed by atoms with E-state index in [1.165, 1.54) is 16.7 Å². The molecule has 0 unspecified atom stereocenters. The Bertz CT molecular complexity index is 2360. The molecule has 0 amide bonds. The molecule has 3 nitrogen and oxygen atoms in total. The van der Waals surface area contributed by atoms with E-state index in [0.29, 0.717) is 11.6 Å². The maximum atomic E-state index is 6.54. The van der Waals surface area contributed by atoms with E-state index in [-0.39, 0.29) is 5.28 Å². The van der Waals surface area contributed by atoms with Gasteiger partial charge in [0.25, 0.3) is 0 Å². The molecule has 4 heteroatoms. The van der Waals surface area contributed by atoms with Gasteiger partial charge < -0.3 is 0 Å². The predicted octanol–water partition coefficient (Wildman–Crippen LogP) is 12.2. The lowest BCUT2D eigenvalue weighted by atomic mass is 9.84. The number of halogens is 1. The second-order valence-electron chi connectivity index (χ2n) is 11.8. The zero-order chi connectivity index (χ0) is 33.0. The predicted molar refractivity (Wildman–Crippen MR) is 203 cm³/mol. The van der Waals surface area contributed by atoms with Crippen molar-refractivity contribution in [1.29, 1.82) is 0 Å². The van der Waals surface area contributed by atoms with Crippen LogP contribution in [0.25, 0.3) is 78.4 Å². The van der Waals surface area contributed by atoms with Crippen LogP contribution in [0.2, 0.25) is 5.28 Å². The Hall–Kier alpha value is -6.16. The van der Waals surface area contributed by atoms with Gasteiger partial charge in [0.15, 0.2) is 11.6 Å². The number of hydrogen-bond acceptors (Lipinski definition) is 3. The van der Waals surface area contributed by atoms with Gasteiger partial charge >= 0.3 is 0 Å². The first-order valence-electron chi connectivity index (χ1n) is 16.2. The normalized spacial score (nSPS) is 11.0. The zero-order valence-corrected chi connectivity index (χ0v) is 27.3. The van der Waals surface area contributed by atoms with Crippen molar-refractivity contribution in [2.45, 2.75) is 0 Å². The van der Waals surface area contributed by atoms with Gasteiger partial charge in [0.05, 0.1) is 0 Å². The smallest absolute Gasteiger partial charge is 0.208 e. The molecule has 0 radical (unpaired) electrons. The summed E-state index contributed by atoms with van der Waals surface area (Å²) in [6, 6.07) is 63.3. The van der Waals surface area contributed by atoms with Crippen molar-refractivity contribution in [1.82, 2.24) is 15.0 Å². The fourth-order valence-corrected chi connectivity index (χ4v) is 6.52. The van der Waals surface area contributed by atoms with Crippen molar-refractivity contribution in [3.63, 3.8) is 0 Å². The Labute approximate surface area is 291 Å². The Kier molecular flexibility index (Phi) is 8.33. The summed E-state index contributed by atoms with van der Waals surface area (Å²) in [6.07, 6.45) is 0. The standard InChI is InChI=1S/C45H30ClN3/c46-45-48-43(35-24-14-5-15-25-35)47-44(49-45)37-27-26-36(28-38(37)31-16-6-1-7-17-31)42-30-40(33-20-10-3-11-21-33)39(32-18-8-2-9-19-32)29-41(42)34-22-12-4-13-23-34/h1-30H. The molecule has 49 heavy (non-hydrogen) atoms. The Morgan fingerprint density at radius 1 is 0.265 bits per heavy atom. The van der Waals surface area contributed by atoms with Crippen molar-refractivity contribution in [2.75, 3.05) is 0 Å². The van der Waals surface area contributed by atoms with Gasteiger partial charge in [-0.15, -0.1) is 0 Å². The van der Waals surface area contributed by atoms with Gasteiger partial charge in [-0.25, -0.2) is 4.98 Å². The third kappa shape index (κ3) is 6.28. The topological polar surface area (TPSA) is 38.7 Å². The van der Waals surface area contributed by atoms with Crippen LogP contribution in [0.3, 0.4) is 0 Å². The summed E-state index contributed by atoms with van der Waals surface area (Å²) in [4.78, 5) is 14.0. The minimum absolute atomic E-state index is 0.155. The summed E-state index contributed by atoms with van der Waals surface area (Å²) in [5.41, 5.74) is 13.0. The minimum Gasteiger partial charge on any atom is -0.208 e. The highest BCUT2D eigenvalue weighted by atomic mass is 35.5. The molecule has 0 aliphatic rings. The molecule has 8 aromatic rings. The first-order valence-corrected chi connectivity index (χ1v) is 16.6. The fourth-order valence-electron chi connectivity index (χ4n) is 6.36. The molecule has 0 atom stereocenters. The van der Waals surface area contributed by atoms with Gasteiger partial charge in [-0.3, -0.25) is 0 Å². The van der Waals surface area contributed by atoms with E-state index in [9.17, 15) is 0 Å². The van der Waals surface area contributed by atoms with Crippen molar-refractivity contribution in [3.8, 4) is 78.4 Å². The second-order valence-corrected chi connectivity index (χ2v) is 12.1. The quantitative estimate of drug-likeness (QED) is 0.173. The lowest BCUT2D eigenvalue weighted by Gasteiger charge is -2.19. The highest BCUT2D eigenvalue weighted by Crippen LogP contribution is 2.44. The van der Waals surface area contributed by atoms with Gasteiger partial charge in [-0.1, -0.05) is 158 Å². The molecule has 0 saturated heterocycles. The molecular formula is C45H30ClN3. The van der Waals surface area contributed by atoms with Crippen LogP contribution in [0.15, 0.2) is 182 Å². The van der Waals surface area contributed by atoms with Crippen LogP contribution in [-0.4, -0.2) is 15.0 Å². The summed E-state index contributed by atoms with van der Waals surface area (Å²) in [7, 11) is 0. The summed E-state index contributed by atoms with van der Waals surface area (Å²) in [6.45, 7) is 0. The van der Waals surface area contributed by atoms with E-state index < -0.39 is 0 Å². The summed E-state index contributed by atoms with van der Waals surface area (Å²) >= 11 is 6.54. The molecule has 0 aliphatic carbocycles. The van der Waals surface area contributed by atoms with Gasteiger partial charge in [0.2, 0.25) is 5.28 Å². The molecule has 232 valence electrons. The average Bonchev–Trinajstić information content (AvgIpc) is 3.18. The number of rotatable bonds is 7. The molecule has 1 aromatic heterocycles. The SMILES string of the molecule is Clc1nc(-c2ccccc2)nc(-c2ccc(-c3cc(-c4ccccc4)c(-c4ccccc4)cc3-c3ccccc3)cc2-c2ccccc2)n1. The van der Waals surface area contributed by atoms with Gasteiger partial charge in [0.1, 0.15) is 0 Å². The number of aromatic nitrogens is 3. The van der Waals surface area contributed by atoms with Crippen molar-refractivity contribution in [3.05, 3.63) is 187 Å². The Morgan fingerprint density at radius 2 is 0.612 bits per heavy atom. The van der Waals surface area contributed by atoms with Crippen LogP contribution in [0, 0.1) is 0 Å². The van der Waals surface area contributed by atoms with Crippen LogP contribution in [-0.2, 0) is 0 Å². The van der Waals surface area contributed by atoms with Gasteiger partial charge in [-0.2, -0.15) is 9.97 Å². The molecule has 0 aliphatic heterocycles. The Balaban J connectivity index is 1.38. The van der Waals surface area contributed by atoms with Crippen LogP contribution < -0.4 is 0 Å². The van der Waals surface area contributed by atoms with E-state index in [1.807, 2.05) is 36.4 Å². The zero-order valence-electron chi connectivity index (χ0n) is 26.5. The summed E-state index contributed by atoms with van der Waals surface area (Å²) in [5, 5.41) is 0.155. The molecule has 0 spiro atoms. The molecule has 0 bridgehead atoms. The van der Waals surface area contributed by atoms with Crippen molar-refractivity contribution < 1.29 is 0 Å². The van der Waals surface area contributed by atoms with E-state index in [1.54, 1.807) is 0 Å².